The minimum absolute atomic E-state index is 0.198. The Bertz CT molecular complexity index is 578. The maximum Gasteiger partial charge on any atom is 0.289 e. The van der Waals surface area contributed by atoms with E-state index in [1.807, 2.05) is 10.9 Å². The van der Waals surface area contributed by atoms with Gasteiger partial charge in [-0.2, -0.15) is 5.10 Å². The summed E-state index contributed by atoms with van der Waals surface area (Å²) in [6, 6.07) is 1.69. The fraction of sp³-hybridized carbons (Fsp3) is 0.385. The molecule has 0 atom stereocenters. The third-order valence-electron chi connectivity index (χ3n) is 3.28. The van der Waals surface area contributed by atoms with Gasteiger partial charge in [0.2, 0.25) is 5.82 Å². The molecule has 98 valence electrons. The van der Waals surface area contributed by atoms with Gasteiger partial charge >= 0.3 is 0 Å². The molecule has 2 aromatic heterocycles. The lowest BCUT2D eigenvalue weighted by Gasteiger charge is -2.14. The summed E-state index contributed by atoms with van der Waals surface area (Å²) in [5.74, 6) is -0.0557. The summed E-state index contributed by atoms with van der Waals surface area (Å²) in [6.45, 7) is 1.46. The standard InChI is InChI=1S/C13H15N5O/c19-13(12-14-5-3-6-15-12)16-8-10-9-17-18-7-2-1-4-11(10)18/h3,5-6,9H,1-2,4,7-8H2,(H,16,19). The third kappa shape index (κ3) is 2.47. The van der Waals surface area contributed by atoms with Crippen LogP contribution in [0.15, 0.2) is 24.7 Å². The molecule has 0 bridgehead atoms. The zero-order chi connectivity index (χ0) is 13.1. The van der Waals surface area contributed by atoms with Crippen LogP contribution >= 0.6 is 0 Å². The van der Waals surface area contributed by atoms with Gasteiger partial charge in [0.1, 0.15) is 0 Å². The van der Waals surface area contributed by atoms with Crippen LogP contribution in [0.3, 0.4) is 0 Å². The van der Waals surface area contributed by atoms with Gasteiger partial charge in [0.05, 0.1) is 6.20 Å². The van der Waals surface area contributed by atoms with E-state index >= 15 is 0 Å². The largest absolute Gasteiger partial charge is 0.345 e. The Morgan fingerprint density at radius 2 is 2.16 bits per heavy atom. The van der Waals surface area contributed by atoms with Crippen LogP contribution < -0.4 is 5.32 Å². The molecule has 1 aliphatic rings. The zero-order valence-electron chi connectivity index (χ0n) is 10.5. The lowest BCUT2D eigenvalue weighted by atomic mass is 10.1. The number of hydrogen-bond acceptors (Lipinski definition) is 4. The van der Waals surface area contributed by atoms with Crippen LogP contribution in [0.2, 0.25) is 0 Å². The van der Waals surface area contributed by atoms with Crippen molar-refractivity contribution in [2.75, 3.05) is 0 Å². The average molecular weight is 257 g/mol. The van der Waals surface area contributed by atoms with E-state index in [2.05, 4.69) is 20.4 Å². The maximum atomic E-state index is 11.8. The van der Waals surface area contributed by atoms with Gasteiger partial charge in [-0.05, 0) is 25.3 Å². The molecule has 0 saturated heterocycles. The first-order chi connectivity index (χ1) is 9.34. The second kappa shape index (κ2) is 5.17. The van der Waals surface area contributed by atoms with Crippen molar-refractivity contribution in [3.63, 3.8) is 0 Å². The topological polar surface area (TPSA) is 72.7 Å². The second-order valence-corrected chi connectivity index (χ2v) is 4.55. The molecular formula is C13H15N5O. The Hall–Kier alpha value is -2.24. The van der Waals surface area contributed by atoms with Crippen LogP contribution in [-0.2, 0) is 19.5 Å². The molecule has 1 amide bonds. The number of aryl methyl sites for hydroxylation is 1. The molecule has 0 aliphatic carbocycles. The molecule has 0 fully saturated rings. The van der Waals surface area contributed by atoms with Crippen LogP contribution in [0, 0.1) is 0 Å². The van der Waals surface area contributed by atoms with Gasteiger partial charge in [-0.1, -0.05) is 0 Å². The molecule has 1 N–H and O–H groups in total. The highest BCUT2D eigenvalue weighted by atomic mass is 16.2. The summed E-state index contributed by atoms with van der Waals surface area (Å²) < 4.78 is 2.03. The molecule has 0 radical (unpaired) electrons. The Labute approximate surface area is 110 Å². The number of carbonyl (C=O) groups is 1. The van der Waals surface area contributed by atoms with E-state index in [1.165, 1.54) is 18.5 Å². The molecule has 19 heavy (non-hydrogen) atoms. The molecule has 1 aliphatic heterocycles. The van der Waals surface area contributed by atoms with Crippen LogP contribution in [0.1, 0.15) is 34.7 Å². The second-order valence-electron chi connectivity index (χ2n) is 4.55. The highest BCUT2D eigenvalue weighted by molar-refractivity contribution is 5.90. The molecule has 2 aromatic rings. The number of amides is 1. The molecule has 0 spiro atoms. The summed E-state index contributed by atoms with van der Waals surface area (Å²) in [6.07, 6.45) is 8.36. The quantitative estimate of drug-likeness (QED) is 0.888. The normalized spacial score (nSPS) is 13.9. The molecule has 0 saturated carbocycles. The van der Waals surface area contributed by atoms with E-state index in [0.29, 0.717) is 6.54 Å². The fourth-order valence-electron chi connectivity index (χ4n) is 2.30. The average Bonchev–Trinajstić information content (AvgIpc) is 2.89. The van der Waals surface area contributed by atoms with Gasteiger partial charge in [-0.3, -0.25) is 9.48 Å². The van der Waals surface area contributed by atoms with Crippen molar-refractivity contribution >= 4 is 5.91 Å². The highest BCUT2D eigenvalue weighted by Gasteiger charge is 2.15. The van der Waals surface area contributed by atoms with Gasteiger partial charge in [-0.25, -0.2) is 9.97 Å². The molecule has 3 heterocycles. The van der Waals surface area contributed by atoms with Crippen LogP contribution in [-0.4, -0.2) is 25.7 Å². The minimum Gasteiger partial charge on any atom is -0.345 e. The van der Waals surface area contributed by atoms with Crippen LogP contribution in [0.4, 0.5) is 0 Å². The van der Waals surface area contributed by atoms with E-state index in [1.54, 1.807) is 18.5 Å². The number of fused-ring (bicyclic) bond motifs is 1. The highest BCUT2D eigenvalue weighted by Crippen LogP contribution is 2.17. The maximum absolute atomic E-state index is 11.8. The Kier molecular flexibility index (Phi) is 3.22. The smallest absolute Gasteiger partial charge is 0.289 e. The summed E-state index contributed by atoms with van der Waals surface area (Å²) >= 11 is 0. The number of rotatable bonds is 3. The fourth-order valence-corrected chi connectivity index (χ4v) is 2.30. The summed E-state index contributed by atoms with van der Waals surface area (Å²) in [7, 11) is 0. The van der Waals surface area contributed by atoms with Gasteiger partial charge in [0.25, 0.3) is 5.91 Å². The number of hydrogen-bond donors (Lipinski definition) is 1. The van der Waals surface area contributed by atoms with Gasteiger partial charge < -0.3 is 5.32 Å². The number of aromatic nitrogens is 4. The Morgan fingerprint density at radius 1 is 1.32 bits per heavy atom. The lowest BCUT2D eigenvalue weighted by molar-refractivity contribution is 0.0940. The summed E-state index contributed by atoms with van der Waals surface area (Å²) in [5.41, 5.74) is 2.32. The molecular weight excluding hydrogens is 242 g/mol. The first-order valence-electron chi connectivity index (χ1n) is 6.43. The minimum atomic E-state index is -0.253. The van der Waals surface area contributed by atoms with E-state index in [4.69, 9.17) is 0 Å². The molecule has 6 nitrogen and oxygen atoms in total. The van der Waals surface area contributed by atoms with Crippen molar-refractivity contribution in [3.8, 4) is 0 Å². The number of carbonyl (C=O) groups excluding carboxylic acids is 1. The van der Waals surface area contributed by atoms with Crippen LogP contribution in [0.25, 0.3) is 0 Å². The molecule has 6 heteroatoms. The van der Waals surface area contributed by atoms with E-state index < -0.39 is 0 Å². The zero-order valence-corrected chi connectivity index (χ0v) is 10.5. The van der Waals surface area contributed by atoms with Crippen molar-refractivity contribution in [2.45, 2.75) is 32.4 Å². The Balaban J connectivity index is 1.67. The SMILES string of the molecule is O=C(NCc1cnn2c1CCCC2)c1ncccn1. The van der Waals surface area contributed by atoms with Crippen molar-refractivity contribution in [2.24, 2.45) is 0 Å². The van der Waals surface area contributed by atoms with Gasteiger partial charge in [0, 0.05) is 36.7 Å². The first kappa shape index (κ1) is 11.8. The lowest BCUT2D eigenvalue weighted by Crippen LogP contribution is -2.25. The molecule has 3 rings (SSSR count). The van der Waals surface area contributed by atoms with E-state index in [0.717, 1.165) is 18.5 Å². The first-order valence-corrected chi connectivity index (χ1v) is 6.43. The third-order valence-corrected chi connectivity index (χ3v) is 3.28. The number of nitrogens with zero attached hydrogens (tertiary/aromatic N) is 4. The predicted octanol–water partition coefficient (Wildman–Crippen LogP) is 0.939. The van der Waals surface area contributed by atoms with Crippen molar-refractivity contribution in [1.82, 2.24) is 25.1 Å². The Morgan fingerprint density at radius 3 is 3.00 bits per heavy atom. The van der Waals surface area contributed by atoms with Crippen molar-refractivity contribution in [3.05, 3.63) is 41.7 Å². The van der Waals surface area contributed by atoms with E-state index in [-0.39, 0.29) is 11.7 Å². The van der Waals surface area contributed by atoms with Gasteiger partial charge in [0.15, 0.2) is 0 Å². The summed E-state index contributed by atoms with van der Waals surface area (Å²) in [5, 5.41) is 7.18. The van der Waals surface area contributed by atoms with Crippen molar-refractivity contribution in [1.29, 1.82) is 0 Å². The van der Waals surface area contributed by atoms with E-state index in [9.17, 15) is 4.79 Å². The number of nitrogens with one attached hydrogen (secondary N) is 1. The molecule has 0 aromatic carbocycles. The van der Waals surface area contributed by atoms with Gasteiger partial charge in [-0.15, -0.1) is 0 Å². The monoisotopic (exact) mass is 257 g/mol. The van der Waals surface area contributed by atoms with Crippen molar-refractivity contribution < 1.29 is 4.79 Å². The molecule has 0 unspecified atom stereocenters. The summed E-state index contributed by atoms with van der Waals surface area (Å²) in [4.78, 5) is 19.7. The predicted molar refractivity (Wildman–Crippen MR) is 68.4 cm³/mol. The van der Waals surface area contributed by atoms with Crippen LogP contribution in [0.5, 0.6) is 0 Å².